The Balaban J connectivity index is 0.000000197. The highest BCUT2D eigenvalue weighted by atomic mass is 32.2. The molecule has 2 unspecified atom stereocenters. The fraction of sp³-hybridized carbons (Fsp3) is 0.727. The third kappa shape index (κ3) is 7.00. The summed E-state index contributed by atoms with van der Waals surface area (Å²) in [7, 11) is 0. The zero-order chi connectivity index (χ0) is 18.9. The van der Waals surface area contributed by atoms with Gasteiger partial charge in [-0.05, 0) is 56.6 Å². The van der Waals surface area contributed by atoms with E-state index >= 15 is 0 Å². The van der Waals surface area contributed by atoms with Crippen molar-refractivity contribution in [3.05, 3.63) is 30.3 Å². The van der Waals surface area contributed by atoms with Gasteiger partial charge in [0.25, 0.3) is 0 Å². The van der Waals surface area contributed by atoms with E-state index in [1.807, 2.05) is 23.5 Å². The van der Waals surface area contributed by atoms with Crippen molar-refractivity contribution in [1.29, 1.82) is 0 Å². The van der Waals surface area contributed by atoms with Gasteiger partial charge in [-0.1, -0.05) is 45.9 Å². The second-order valence-corrected chi connectivity index (χ2v) is 11.8. The maximum atomic E-state index is 5.57. The van der Waals surface area contributed by atoms with Crippen LogP contribution in [0.2, 0.25) is 0 Å². The van der Waals surface area contributed by atoms with Gasteiger partial charge in [-0.15, -0.1) is 35.3 Å². The number of hydrogen-bond donors (Lipinski definition) is 0. The Morgan fingerprint density at radius 1 is 0.923 bits per heavy atom. The molecule has 148 valence electrons. The van der Waals surface area contributed by atoms with Crippen LogP contribution >= 0.6 is 35.3 Å². The van der Waals surface area contributed by atoms with Crippen molar-refractivity contribution in [2.45, 2.75) is 85.7 Å². The highest BCUT2D eigenvalue weighted by molar-refractivity contribution is 8.17. The SMILES string of the molecule is CCOC1C[C@H](C)[C@@H](CC)S1.CC[C@H]1SC(Sc2ccccc2)C[C@@H]1C. The second kappa shape index (κ2) is 11.9. The van der Waals surface area contributed by atoms with E-state index in [9.17, 15) is 0 Å². The van der Waals surface area contributed by atoms with Crippen LogP contribution in [0.5, 0.6) is 0 Å². The lowest BCUT2D eigenvalue weighted by Gasteiger charge is -2.10. The first-order chi connectivity index (χ1) is 12.6. The highest BCUT2D eigenvalue weighted by Crippen LogP contribution is 2.47. The fourth-order valence-electron chi connectivity index (χ4n) is 3.70. The zero-order valence-electron chi connectivity index (χ0n) is 17.0. The molecule has 1 aromatic carbocycles. The molecule has 4 heteroatoms. The van der Waals surface area contributed by atoms with Crippen LogP contribution in [0.15, 0.2) is 35.2 Å². The van der Waals surface area contributed by atoms with Gasteiger partial charge in [0.05, 0.1) is 4.58 Å². The number of ether oxygens (including phenoxy) is 1. The molecule has 26 heavy (non-hydrogen) atoms. The molecule has 0 N–H and O–H groups in total. The van der Waals surface area contributed by atoms with Crippen molar-refractivity contribution in [3.63, 3.8) is 0 Å². The Bertz CT molecular complexity index is 495. The summed E-state index contributed by atoms with van der Waals surface area (Å²) in [5.41, 5.74) is 0.486. The van der Waals surface area contributed by atoms with E-state index in [0.29, 0.717) is 5.44 Å². The second-order valence-electron chi connectivity index (χ2n) is 7.34. The first-order valence-electron chi connectivity index (χ1n) is 10.2. The van der Waals surface area contributed by atoms with Gasteiger partial charge in [0.15, 0.2) is 0 Å². The topological polar surface area (TPSA) is 9.23 Å². The quantitative estimate of drug-likeness (QED) is 0.476. The predicted octanol–water partition coefficient (Wildman–Crippen LogP) is 7.56. The minimum absolute atomic E-state index is 0.486. The summed E-state index contributed by atoms with van der Waals surface area (Å²) in [6, 6.07) is 10.8. The first kappa shape index (κ1) is 22.5. The van der Waals surface area contributed by atoms with Gasteiger partial charge >= 0.3 is 0 Å². The van der Waals surface area contributed by atoms with E-state index in [-0.39, 0.29) is 0 Å². The summed E-state index contributed by atoms with van der Waals surface area (Å²) in [6.45, 7) is 12.2. The summed E-state index contributed by atoms with van der Waals surface area (Å²) >= 11 is 6.23. The highest BCUT2D eigenvalue weighted by Gasteiger charge is 2.31. The van der Waals surface area contributed by atoms with E-state index in [1.54, 1.807) is 0 Å². The molecule has 2 aliphatic rings. The van der Waals surface area contributed by atoms with Crippen LogP contribution < -0.4 is 0 Å². The van der Waals surface area contributed by atoms with E-state index in [0.717, 1.165) is 33.5 Å². The Morgan fingerprint density at radius 3 is 2.08 bits per heavy atom. The van der Waals surface area contributed by atoms with Crippen molar-refractivity contribution in [2.24, 2.45) is 11.8 Å². The monoisotopic (exact) mass is 412 g/mol. The molecule has 1 aromatic rings. The number of rotatable bonds is 6. The lowest BCUT2D eigenvalue weighted by Crippen LogP contribution is -2.05. The number of hydrogen-bond acceptors (Lipinski definition) is 4. The fourth-order valence-corrected chi connectivity index (χ4v) is 8.67. The standard InChI is InChI=1S/C13H18S2.C9H18OS/c1-3-12-10(2)9-13(15-12)14-11-7-5-4-6-8-11;1-4-8-7(3)6-9(11-8)10-5-2/h4-8,10,12-13H,3,9H2,1-2H3;7-9H,4-6H2,1-3H3/t10-,12+,13?;7-,8+,9?/m00/s1. The molecule has 0 aromatic heterocycles. The van der Waals surface area contributed by atoms with Gasteiger partial charge in [-0.25, -0.2) is 0 Å². The predicted molar refractivity (Wildman–Crippen MR) is 122 cm³/mol. The van der Waals surface area contributed by atoms with Crippen molar-refractivity contribution < 1.29 is 4.74 Å². The van der Waals surface area contributed by atoms with Crippen molar-refractivity contribution in [2.75, 3.05) is 6.61 Å². The van der Waals surface area contributed by atoms with Gasteiger partial charge in [0.1, 0.15) is 5.44 Å². The molecule has 2 aliphatic heterocycles. The molecular formula is C22H36OS3. The molecule has 6 atom stereocenters. The summed E-state index contributed by atoms with van der Waals surface area (Å²) in [5.74, 6) is 1.74. The minimum atomic E-state index is 0.486. The van der Waals surface area contributed by atoms with Crippen LogP contribution in [0, 0.1) is 11.8 Å². The minimum Gasteiger partial charge on any atom is -0.368 e. The average Bonchev–Trinajstić information content (AvgIpc) is 3.18. The third-order valence-electron chi connectivity index (χ3n) is 5.22. The number of benzene rings is 1. The molecular weight excluding hydrogens is 376 g/mol. The molecule has 0 radical (unpaired) electrons. The van der Waals surface area contributed by atoms with E-state index in [4.69, 9.17) is 4.74 Å². The normalized spacial score (nSPS) is 33.7. The molecule has 0 amide bonds. The molecule has 2 fully saturated rings. The van der Waals surface area contributed by atoms with Crippen LogP contribution in [-0.4, -0.2) is 27.1 Å². The Kier molecular flexibility index (Phi) is 10.3. The lowest BCUT2D eigenvalue weighted by molar-refractivity contribution is 0.116. The zero-order valence-corrected chi connectivity index (χ0v) is 19.5. The summed E-state index contributed by atoms with van der Waals surface area (Å²) in [5, 5.41) is 1.72. The van der Waals surface area contributed by atoms with Crippen LogP contribution in [-0.2, 0) is 4.74 Å². The van der Waals surface area contributed by atoms with E-state index in [1.165, 1.54) is 30.6 Å². The summed E-state index contributed by atoms with van der Waals surface area (Å²) in [4.78, 5) is 1.42. The van der Waals surface area contributed by atoms with Gasteiger partial charge in [0.2, 0.25) is 0 Å². The van der Waals surface area contributed by atoms with E-state index in [2.05, 4.69) is 76.7 Å². The molecule has 1 nitrogen and oxygen atoms in total. The Labute approximate surface area is 174 Å². The lowest BCUT2D eigenvalue weighted by atomic mass is 10.0. The smallest absolute Gasteiger partial charge is 0.103 e. The van der Waals surface area contributed by atoms with Crippen LogP contribution in [0.3, 0.4) is 0 Å². The van der Waals surface area contributed by atoms with E-state index < -0.39 is 0 Å². The first-order valence-corrected chi connectivity index (χ1v) is 13.0. The molecule has 0 spiro atoms. The van der Waals surface area contributed by atoms with Crippen LogP contribution in [0.25, 0.3) is 0 Å². The molecule has 2 heterocycles. The average molecular weight is 413 g/mol. The van der Waals surface area contributed by atoms with Gasteiger partial charge < -0.3 is 4.74 Å². The summed E-state index contributed by atoms with van der Waals surface area (Å²) < 4.78 is 6.34. The summed E-state index contributed by atoms with van der Waals surface area (Å²) in [6.07, 6.45) is 5.22. The third-order valence-corrected chi connectivity index (χ3v) is 10.3. The van der Waals surface area contributed by atoms with Crippen LogP contribution in [0.4, 0.5) is 0 Å². The van der Waals surface area contributed by atoms with Crippen molar-refractivity contribution in [1.82, 2.24) is 0 Å². The van der Waals surface area contributed by atoms with Crippen molar-refractivity contribution in [3.8, 4) is 0 Å². The molecule has 2 saturated heterocycles. The number of thioether (sulfide) groups is 3. The van der Waals surface area contributed by atoms with Gasteiger partial charge in [0, 0.05) is 22.0 Å². The molecule has 0 saturated carbocycles. The Morgan fingerprint density at radius 2 is 1.54 bits per heavy atom. The maximum Gasteiger partial charge on any atom is 0.103 e. The molecule has 3 rings (SSSR count). The Hall–Kier alpha value is 0.230. The van der Waals surface area contributed by atoms with Gasteiger partial charge in [-0.3, -0.25) is 0 Å². The van der Waals surface area contributed by atoms with Crippen molar-refractivity contribution >= 4 is 35.3 Å². The molecule has 0 aliphatic carbocycles. The molecule has 0 bridgehead atoms. The largest absolute Gasteiger partial charge is 0.368 e. The van der Waals surface area contributed by atoms with Gasteiger partial charge in [-0.2, -0.15) is 0 Å². The van der Waals surface area contributed by atoms with Crippen LogP contribution in [0.1, 0.15) is 60.3 Å². The maximum absolute atomic E-state index is 5.57.